The van der Waals surface area contributed by atoms with Crippen LogP contribution in [-0.4, -0.2) is 0 Å². The van der Waals surface area contributed by atoms with Gasteiger partial charge in [0.15, 0.2) is 0 Å². The second kappa shape index (κ2) is 4.45. The van der Waals surface area contributed by atoms with Crippen LogP contribution in [0.4, 0.5) is 0 Å². The minimum atomic E-state index is 0. The Bertz CT molecular complexity index is 368. The van der Waals surface area contributed by atoms with Crippen molar-refractivity contribution in [2.75, 3.05) is 0 Å². The monoisotopic (exact) mass is 365 g/mol. The molecule has 0 heterocycles. The van der Waals surface area contributed by atoms with E-state index in [9.17, 15) is 0 Å². The fourth-order valence-electron chi connectivity index (χ4n) is 3.13. The number of benzene rings is 1. The smallest absolute Gasteiger partial charge is 0 e. The summed E-state index contributed by atoms with van der Waals surface area (Å²) in [6.45, 7) is 2.30. The van der Waals surface area contributed by atoms with Crippen molar-refractivity contribution in [1.82, 2.24) is 0 Å². The fraction of sp³-hybridized carbons (Fsp3) is 0.500. The standard InChI is InChI=1S/C14H17.Hf/c1-2-10-6-8-12-9-7-11-4-3-5-13(11)14(10)12;/h7,9H,2-6,8H2,1H3;/q-1;. The normalized spacial score (nSPS) is 17.3. The minimum Gasteiger partial charge on any atom is -0.182 e. The molecule has 0 aliphatic heterocycles. The van der Waals surface area contributed by atoms with Gasteiger partial charge < -0.3 is 0 Å². The Morgan fingerprint density at radius 2 is 1.93 bits per heavy atom. The van der Waals surface area contributed by atoms with Gasteiger partial charge in [-0.15, -0.1) is 22.8 Å². The maximum Gasteiger partial charge on any atom is 0 e. The maximum absolute atomic E-state index is 2.38. The molecule has 0 radical (unpaired) electrons. The maximum atomic E-state index is 2.38. The Kier molecular flexibility index (Phi) is 3.39. The van der Waals surface area contributed by atoms with E-state index in [4.69, 9.17) is 0 Å². The average molecular weight is 364 g/mol. The second-order valence-corrected chi connectivity index (χ2v) is 4.55. The van der Waals surface area contributed by atoms with E-state index in [1.165, 1.54) is 38.5 Å². The van der Waals surface area contributed by atoms with Crippen LogP contribution < -0.4 is 0 Å². The zero-order valence-electron chi connectivity index (χ0n) is 9.40. The van der Waals surface area contributed by atoms with Gasteiger partial charge in [0, 0.05) is 25.8 Å². The van der Waals surface area contributed by atoms with Crippen molar-refractivity contribution in [3.8, 4) is 0 Å². The van der Waals surface area contributed by atoms with Crippen LogP contribution in [-0.2, 0) is 45.1 Å². The summed E-state index contributed by atoms with van der Waals surface area (Å²) in [7, 11) is 0. The number of rotatable bonds is 1. The largest absolute Gasteiger partial charge is 0.182 e. The van der Waals surface area contributed by atoms with Gasteiger partial charge in [0.1, 0.15) is 0 Å². The van der Waals surface area contributed by atoms with E-state index in [0.717, 1.165) is 0 Å². The van der Waals surface area contributed by atoms with Crippen molar-refractivity contribution >= 4 is 0 Å². The van der Waals surface area contributed by atoms with Crippen LogP contribution in [0.25, 0.3) is 0 Å². The Balaban J connectivity index is 0.000000853. The third-order valence-corrected chi connectivity index (χ3v) is 3.85. The molecule has 0 fully saturated rings. The van der Waals surface area contributed by atoms with Crippen LogP contribution in [0.1, 0.15) is 48.4 Å². The summed E-state index contributed by atoms with van der Waals surface area (Å²) in [5.74, 6) is 1.72. The third kappa shape index (κ3) is 1.73. The van der Waals surface area contributed by atoms with Gasteiger partial charge in [0.05, 0.1) is 0 Å². The van der Waals surface area contributed by atoms with Crippen LogP contribution in [0, 0.1) is 5.92 Å². The molecule has 1 aromatic rings. The molecule has 15 heavy (non-hydrogen) atoms. The van der Waals surface area contributed by atoms with Crippen molar-refractivity contribution in [2.45, 2.75) is 45.4 Å². The molecule has 0 saturated carbocycles. The molecule has 0 aromatic heterocycles. The first-order chi connectivity index (χ1) is 6.90. The molecule has 78 valence electrons. The molecule has 3 rings (SSSR count). The average Bonchev–Trinajstić information content (AvgIpc) is 2.82. The molecule has 0 atom stereocenters. The summed E-state index contributed by atoms with van der Waals surface area (Å²) in [6.07, 6.45) is 7.90. The molecule has 0 spiro atoms. The van der Waals surface area contributed by atoms with Gasteiger partial charge in [-0.05, 0) is 6.42 Å². The Morgan fingerprint density at radius 1 is 1.13 bits per heavy atom. The Hall–Kier alpha value is -0.0399. The fourth-order valence-corrected chi connectivity index (χ4v) is 3.13. The molecular weight excluding hydrogens is 347 g/mol. The van der Waals surface area contributed by atoms with Gasteiger partial charge in [0.25, 0.3) is 0 Å². The van der Waals surface area contributed by atoms with Crippen LogP contribution in [0.3, 0.4) is 0 Å². The molecule has 0 nitrogen and oxygen atoms in total. The summed E-state index contributed by atoms with van der Waals surface area (Å²) in [6, 6.07) is 4.75. The summed E-state index contributed by atoms with van der Waals surface area (Å²) < 4.78 is 0. The molecule has 2 aliphatic rings. The number of hydrogen-bond donors (Lipinski definition) is 0. The van der Waals surface area contributed by atoms with E-state index in [0.29, 0.717) is 0 Å². The van der Waals surface area contributed by atoms with Crippen LogP contribution in [0.5, 0.6) is 0 Å². The Labute approximate surface area is 111 Å². The van der Waals surface area contributed by atoms with Gasteiger partial charge in [-0.25, -0.2) is 0 Å². The molecule has 2 aliphatic carbocycles. The minimum absolute atomic E-state index is 0. The zero-order valence-corrected chi connectivity index (χ0v) is 13.0. The van der Waals surface area contributed by atoms with Crippen molar-refractivity contribution in [3.05, 3.63) is 40.3 Å². The quantitative estimate of drug-likeness (QED) is 0.529. The van der Waals surface area contributed by atoms with Crippen molar-refractivity contribution in [1.29, 1.82) is 0 Å². The summed E-state index contributed by atoms with van der Waals surface area (Å²) >= 11 is 0. The first kappa shape index (κ1) is 11.4. The molecular formula is C14H17Hf-. The number of hydrogen-bond acceptors (Lipinski definition) is 0. The molecule has 0 unspecified atom stereocenters. The van der Waals surface area contributed by atoms with E-state index < -0.39 is 0 Å². The van der Waals surface area contributed by atoms with Crippen LogP contribution in [0.2, 0.25) is 0 Å². The second-order valence-electron chi connectivity index (χ2n) is 4.55. The topological polar surface area (TPSA) is 0 Å². The van der Waals surface area contributed by atoms with E-state index in [1.807, 2.05) is 0 Å². The van der Waals surface area contributed by atoms with E-state index in [1.54, 1.807) is 28.2 Å². The molecule has 0 bridgehead atoms. The predicted molar refractivity (Wildman–Crippen MR) is 59.4 cm³/mol. The van der Waals surface area contributed by atoms with Crippen LogP contribution in [0.15, 0.2) is 12.1 Å². The van der Waals surface area contributed by atoms with E-state index in [2.05, 4.69) is 19.1 Å². The third-order valence-electron chi connectivity index (χ3n) is 3.85. The predicted octanol–water partition coefficient (Wildman–Crippen LogP) is 3.45. The molecule has 1 heteroatoms. The molecule has 0 saturated heterocycles. The van der Waals surface area contributed by atoms with Gasteiger partial charge in [-0.2, -0.15) is 11.5 Å². The van der Waals surface area contributed by atoms with Crippen molar-refractivity contribution in [3.63, 3.8) is 0 Å². The van der Waals surface area contributed by atoms with E-state index in [-0.39, 0.29) is 25.8 Å². The first-order valence-corrected chi connectivity index (χ1v) is 5.89. The summed E-state index contributed by atoms with van der Waals surface area (Å²) in [4.78, 5) is 0. The van der Waals surface area contributed by atoms with Crippen molar-refractivity contribution in [2.24, 2.45) is 0 Å². The zero-order chi connectivity index (χ0) is 9.54. The number of aryl methyl sites for hydroxylation is 2. The molecule has 1 aromatic carbocycles. The molecule has 0 amide bonds. The van der Waals surface area contributed by atoms with Gasteiger partial charge in [-0.1, -0.05) is 45.1 Å². The SMILES string of the molecule is CC[C-]1CCc2ccc3c(c21)CCC3.[Hf]. The van der Waals surface area contributed by atoms with Gasteiger partial charge in [-0.3, -0.25) is 0 Å². The van der Waals surface area contributed by atoms with Gasteiger partial charge >= 0.3 is 0 Å². The van der Waals surface area contributed by atoms with E-state index >= 15 is 0 Å². The Morgan fingerprint density at radius 3 is 2.73 bits per heavy atom. The first-order valence-electron chi connectivity index (χ1n) is 5.89. The van der Waals surface area contributed by atoms with Gasteiger partial charge in [0.2, 0.25) is 0 Å². The summed E-state index contributed by atoms with van der Waals surface area (Å²) in [5.41, 5.74) is 6.65. The van der Waals surface area contributed by atoms with Crippen molar-refractivity contribution < 1.29 is 25.8 Å². The molecule has 0 N–H and O–H groups in total. The van der Waals surface area contributed by atoms with Crippen LogP contribution >= 0.6 is 0 Å². The summed E-state index contributed by atoms with van der Waals surface area (Å²) in [5, 5.41) is 0. The number of fused-ring (bicyclic) bond motifs is 3.